The maximum Gasteiger partial charge on any atom is 0.775 e. The molecule has 2 amide bonds. The van der Waals surface area contributed by atoms with Gasteiger partial charge in [-0.15, -0.1) is 0 Å². The molecule has 1 unspecified atom stereocenters. The van der Waals surface area contributed by atoms with E-state index in [9.17, 15) is 28.1 Å². The number of fused-ring (bicyclic) bond motifs is 1. The summed E-state index contributed by atoms with van der Waals surface area (Å²) in [5, 5.41) is 20.2. The van der Waals surface area contributed by atoms with Crippen LogP contribution < -0.4 is 4.39 Å². The van der Waals surface area contributed by atoms with Gasteiger partial charge in [0.15, 0.2) is 0 Å². The van der Waals surface area contributed by atoms with Crippen LogP contribution in [0.5, 0.6) is 0 Å². The van der Waals surface area contributed by atoms with Gasteiger partial charge >= 0.3 is 19.4 Å². The van der Waals surface area contributed by atoms with E-state index in [1.54, 1.807) is 41.5 Å². The van der Waals surface area contributed by atoms with Crippen molar-refractivity contribution in [3.63, 3.8) is 0 Å². The molecule has 3 rings (SSSR count). The fraction of sp³-hybridized carbons (Fsp3) is 0.545. The predicted molar refractivity (Wildman–Crippen MR) is 130 cm³/mol. The van der Waals surface area contributed by atoms with Crippen LogP contribution in [0.25, 0.3) is 6.08 Å². The number of piperazine rings is 1. The molecular formula is C22H33BN3O8S+. The van der Waals surface area contributed by atoms with Crippen LogP contribution in [0, 0.1) is 0 Å². The first-order valence-corrected chi connectivity index (χ1v) is 12.7. The van der Waals surface area contributed by atoms with E-state index in [0.717, 1.165) is 0 Å². The van der Waals surface area contributed by atoms with Gasteiger partial charge in [0.2, 0.25) is 10.0 Å². The summed E-state index contributed by atoms with van der Waals surface area (Å²) in [5.41, 5.74) is -0.994. The average Bonchev–Trinajstić information content (AvgIpc) is 3.11. The minimum absolute atomic E-state index is 0.0109. The highest BCUT2D eigenvalue weighted by molar-refractivity contribution is 7.89. The maximum atomic E-state index is 13.3. The summed E-state index contributed by atoms with van der Waals surface area (Å²) in [6, 6.07) is 4.08. The molecule has 1 atom stereocenters. The Hall–Kier alpha value is -2.45. The molecule has 11 nitrogen and oxygen atoms in total. The van der Waals surface area contributed by atoms with Gasteiger partial charge in [-0.3, -0.25) is 0 Å². The quantitative estimate of drug-likeness (QED) is 0.591. The Balaban J connectivity index is 1.81. The second-order valence-electron chi connectivity index (χ2n) is 10.5. The molecule has 1 aromatic carbocycles. The van der Waals surface area contributed by atoms with Crippen molar-refractivity contribution >= 4 is 41.2 Å². The van der Waals surface area contributed by atoms with Crippen molar-refractivity contribution in [3.05, 3.63) is 30.0 Å². The molecule has 2 aliphatic heterocycles. The minimum atomic E-state index is -3.90. The van der Waals surface area contributed by atoms with Crippen molar-refractivity contribution < 1.29 is 37.5 Å². The van der Waals surface area contributed by atoms with Crippen molar-refractivity contribution in [1.82, 2.24) is 13.6 Å². The summed E-state index contributed by atoms with van der Waals surface area (Å²) in [5.74, 6) is 0. The van der Waals surface area contributed by atoms with E-state index < -0.39 is 45.1 Å². The molecule has 2 N–H and O–H groups in total. The van der Waals surface area contributed by atoms with Crippen LogP contribution in [0.4, 0.5) is 15.3 Å². The minimum Gasteiger partial charge on any atom is -0.444 e. The third kappa shape index (κ3) is 5.54. The first kappa shape index (κ1) is 27.1. The lowest BCUT2D eigenvalue weighted by Gasteiger charge is -2.35. The van der Waals surface area contributed by atoms with Gasteiger partial charge < -0.3 is 24.4 Å². The number of hydrogen-bond donors (Lipinski definition) is 2. The van der Waals surface area contributed by atoms with Crippen LogP contribution in [0.1, 0.15) is 47.1 Å². The lowest BCUT2D eigenvalue weighted by molar-refractivity contribution is 0.0192. The molecular weight excluding hydrogens is 477 g/mol. The van der Waals surface area contributed by atoms with Gasteiger partial charge in [0.05, 0.1) is 11.1 Å². The van der Waals surface area contributed by atoms with Crippen LogP contribution in [0.3, 0.4) is 0 Å². The number of sulfonamides is 1. The molecule has 1 fully saturated rings. The number of benzene rings is 1. The SMILES string of the molecule is CC(C)(C)OC(=O)N1CCN(S(=O)(=O)c2ccc3c(c2)C=C[N+]3(B(O)O)C(=O)OC(C)(C)C)CC1. The highest BCUT2D eigenvalue weighted by Crippen LogP contribution is 2.39. The average molecular weight is 510 g/mol. The van der Waals surface area contributed by atoms with Gasteiger partial charge in [-0.1, -0.05) is 0 Å². The smallest absolute Gasteiger partial charge is 0.444 e. The van der Waals surface area contributed by atoms with E-state index in [-0.39, 0.29) is 36.8 Å². The van der Waals surface area contributed by atoms with Crippen LogP contribution in [0.2, 0.25) is 0 Å². The van der Waals surface area contributed by atoms with Crippen molar-refractivity contribution in [1.29, 1.82) is 0 Å². The molecule has 192 valence electrons. The summed E-state index contributed by atoms with van der Waals surface area (Å²) < 4.78 is 37.6. The topological polar surface area (TPSA) is 134 Å². The predicted octanol–water partition coefficient (Wildman–Crippen LogP) is 2.12. The van der Waals surface area contributed by atoms with Crippen LogP contribution in [-0.2, 0) is 19.5 Å². The summed E-state index contributed by atoms with van der Waals surface area (Å²) in [4.78, 5) is 26.6. The first-order valence-electron chi connectivity index (χ1n) is 11.3. The molecule has 1 aromatic rings. The molecule has 0 saturated carbocycles. The van der Waals surface area contributed by atoms with Gasteiger partial charge in [-0.25, -0.2) is 13.2 Å². The molecule has 2 heterocycles. The van der Waals surface area contributed by atoms with E-state index in [1.807, 2.05) is 0 Å². The van der Waals surface area contributed by atoms with Gasteiger partial charge in [-0.2, -0.15) is 13.5 Å². The van der Waals surface area contributed by atoms with Crippen molar-refractivity contribution in [2.24, 2.45) is 0 Å². The van der Waals surface area contributed by atoms with E-state index in [1.165, 1.54) is 39.7 Å². The number of carbonyl (C=O) groups is 2. The van der Waals surface area contributed by atoms with E-state index in [4.69, 9.17) is 9.47 Å². The number of hydrogen-bond acceptors (Lipinski definition) is 8. The number of carbonyl (C=O) groups excluding carboxylic acids is 2. The second kappa shape index (κ2) is 9.21. The Morgan fingerprint density at radius 3 is 2.06 bits per heavy atom. The van der Waals surface area contributed by atoms with E-state index in [2.05, 4.69) is 0 Å². The monoisotopic (exact) mass is 510 g/mol. The summed E-state index contributed by atoms with van der Waals surface area (Å²) in [7, 11) is -6.05. The Labute approximate surface area is 206 Å². The molecule has 1 saturated heterocycles. The van der Waals surface area contributed by atoms with E-state index in [0.29, 0.717) is 5.56 Å². The van der Waals surface area contributed by atoms with Crippen molar-refractivity contribution in [2.45, 2.75) is 57.6 Å². The molecule has 0 aromatic heterocycles. The summed E-state index contributed by atoms with van der Waals surface area (Å²) in [6.07, 6.45) is 1.32. The Bertz CT molecular complexity index is 1130. The zero-order valence-electron chi connectivity index (χ0n) is 20.9. The molecule has 35 heavy (non-hydrogen) atoms. The summed E-state index contributed by atoms with van der Waals surface area (Å²) in [6.45, 7) is 10.8. The second-order valence-corrected chi connectivity index (χ2v) is 12.4. The van der Waals surface area contributed by atoms with Crippen LogP contribution in [0.15, 0.2) is 29.3 Å². The molecule has 0 bridgehead atoms. The van der Waals surface area contributed by atoms with Crippen LogP contribution >= 0.6 is 0 Å². The number of ether oxygens (including phenoxy) is 2. The van der Waals surface area contributed by atoms with Gasteiger partial charge in [0.1, 0.15) is 16.9 Å². The Morgan fingerprint density at radius 1 is 0.971 bits per heavy atom. The fourth-order valence-corrected chi connectivity index (χ4v) is 5.28. The standard InChI is InChI=1S/C22H33BN3O8S/c1-21(2,3)33-19(27)24-10-12-25(13-11-24)35(31,32)17-7-8-18-16(15-17)9-14-26(18,23(29)30)20(28)34-22(4,5)6/h7-9,14-15,29-30H,10-13H2,1-6H3/q+1. The molecule has 0 radical (unpaired) electrons. The molecule has 0 spiro atoms. The molecule has 2 aliphatic rings. The zero-order valence-corrected chi connectivity index (χ0v) is 21.7. The highest BCUT2D eigenvalue weighted by Gasteiger charge is 2.56. The number of rotatable bonds is 3. The Morgan fingerprint density at radius 2 is 1.54 bits per heavy atom. The number of amides is 2. The third-order valence-corrected chi connectivity index (χ3v) is 7.37. The lowest BCUT2D eigenvalue weighted by atomic mass is 9.99. The summed E-state index contributed by atoms with van der Waals surface area (Å²) >= 11 is 0. The lowest BCUT2D eigenvalue weighted by Crippen LogP contribution is -2.60. The molecule has 0 aliphatic carbocycles. The maximum absolute atomic E-state index is 13.3. The van der Waals surface area contributed by atoms with Crippen molar-refractivity contribution in [3.8, 4) is 0 Å². The fourth-order valence-electron chi connectivity index (χ4n) is 3.82. The highest BCUT2D eigenvalue weighted by atomic mass is 32.2. The molecule has 13 heteroatoms. The first-order chi connectivity index (χ1) is 16.0. The van der Waals surface area contributed by atoms with E-state index >= 15 is 0 Å². The largest absolute Gasteiger partial charge is 0.775 e. The normalized spacial score (nSPS) is 21.0. The zero-order chi connectivity index (χ0) is 26.4. The third-order valence-electron chi connectivity index (χ3n) is 5.47. The van der Waals surface area contributed by atoms with Crippen LogP contribution in [-0.4, -0.2) is 84.5 Å². The Kier molecular flexibility index (Phi) is 7.14. The van der Waals surface area contributed by atoms with Crippen molar-refractivity contribution in [2.75, 3.05) is 26.2 Å². The number of quaternary nitrogens is 1. The van der Waals surface area contributed by atoms with Gasteiger partial charge in [0, 0.05) is 43.9 Å². The number of nitrogens with zero attached hydrogens (tertiary/aromatic N) is 3. The van der Waals surface area contributed by atoms with Gasteiger partial charge in [-0.05, 0) is 53.7 Å². The van der Waals surface area contributed by atoms with Gasteiger partial charge in [0.25, 0.3) is 0 Å².